The molecule has 2 aromatic rings. The molecular formula is C20H26ClN5OS. The molecule has 2 fully saturated rings. The molecule has 4 rings (SSSR count). The van der Waals surface area contributed by atoms with E-state index in [9.17, 15) is 4.79 Å². The van der Waals surface area contributed by atoms with Crippen LogP contribution in [0.2, 0.25) is 5.02 Å². The summed E-state index contributed by atoms with van der Waals surface area (Å²) < 4.78 is 2.01. The number of benzene rings is 1. The Morgan fingerprint density at radius 3 is 2.64 bits per heavy atom. The first-order valence-electron chi connectivity index (χ1n) is 10.0. The van der Waals surface area contributed by atoms with Crippen LogP contribution in [0.3, 0.4) is 0 Å². The Balaban J connectivity index is 1.58. The van der Waals surface area contributed by atoms with Crippen LogP contribution in [0.5, 0.6) is 0 Å². The van der Waals surface area contributed by atoms with Crippen LogP contribution < -0.4 is 4.90 Å². The highest BCUT2D eigenvalue weighted by molar-refractivity contribution is 7.99. The second-order valence-corrected chi connectivity index (χ2v) is 8.83. The quantitative estimate of drug-likeness (QED) is 0.685. The van der Waals surface area contributed by atoms with Gasteiger partial charge in [-0.1, -0.05) is 35.5 Å². The molecule has 1 aromatic carbocycles. The Kier molecular flexibility index (Phi) is 6.11. The van der Waals surface area contributed by atoms with Crippen LogP contribution in [0.4, 0.5) is 5.95 Å². The summed E-state index contributed by atoms with van der Waals surface area (Å²) in [5.41, 5.74) is 0.859. The van der Waals surface area contributed by atoms with E-state index in [0.29, 0.717) is 22.0 Å². The maximum absolute atomic E-state index is 12.8. The number of anilines is 1. The molecule has 2 aliphatic rings. The molecule has 2 saturated heterocycles. The van der Waals surface area contributed by atoms with Gasteiger partial charge in [0.05, 0.1) is 16.5 Å². The summed E-state index contributed by atoms with van der Waals surface area (Å²) in [6.45, 7) is 4.94. The monoisotopic (exact) mass is 419 g/mol. The number of hydrogen-bond acceptors (Lipinski definition) is 5. The number of thioether (sulfide) groups is 1. The summed E-state index contributed by atoms with van der Waals surface area (Å²) in [5, 5.41) is 10.2. The van der Waals surface area contributed by atoms with Gasteiger partial charge in [0.2, 0.25) is 11.9 Å². The summed E-state index contributed by atoms with van der Waals surface area (Å²) in [6.07, 6.45) is 5.70. The number of piperidine rings is 1. The molecule has 0 saturated carbocycles. The number of likely N-dealkylation sites (tertiary alicyclic amines) is 1. The third-order valence-electron chi connectivity index (χ3n) is 5.55. The molecule has 28 heavy (non-hydrogen) atoms. The third-order valence-corrected chi connectivity index (χ3v) is 6.78. The van der Waals surface area contributed by atoms with Crippen LogP contribution in [0.1, 0.15) is 39.0 Å². The average molecular weight is 420 g/mol. The van der Waals surface area contributed by atoms with Crippen LogP contribution in [-0.2, 0) is 4.79 Å². The molecule has 1 aromatic heterocycles. The fourth-order valence-electron chi connectivity index (χ4n) is 4.00. The molecule has 0 aliphatic carbocycles. The van der Waals surface area contributed by atoms with E-state index in [0.717, 1.165) is 57.0 Å². The molecule has 0 unspecified atom stereocenters. The maximum atomic E-state index is 12.8. The lowest BCUT2D eigenvalue weighted by Gasteiger charge is -2.33. The highest BCUT2D eigenvalue weighted by Crippen LogP contribution is 2.32. The Morgan fingerprint density at radius 1 is 1.14 bits per heavy atom. The minimum absolute atomic E-state index is 0.175. The first-order chi connectivity index (χ1) is 13.6. The van der Waals surface area contributed by atoms with Gasteiger partial charge in [0, 0.05) is 25.7 Å². The smallest absolute Gasteiger partial charge is 0.233 e. The zero-order chi connectivity index (χ0) is 19.5. The summed E-state index contributed by atoms with van der Waals surface area (Å²) >= 11 is 7.94. The van der Waals surface area contributed by atoms with Crippen molar-refractivity contribution < 1.29 is 4.79 Å². The van der Waals surface area contributed by atoms with Gasteiger partial charge in [-0.05, 0) is 51.2 Å². The van der Waals surface area contributed by atoms with Crippen LogP contribution in [0.15, 0.2) is 29.4 Å². The maximum Gasteiger partial charge on any atom is 0.233 e. The summed E-state index contributed by atoms with van der Waals surface area (Å²) in [6, 6.07) is 8.05. The minimum atomic E-state index is 0.175. The molecule has 2 aliphatic heterocycles. The number of carbonyl (C=O) groups excluding carboxylic acids is 1. The molecule has 1 atom stereocenters. The Bertz CT molecular complexity index is 836. The minimum Gasteiger partial charge on any atom is -0.341 e. The van der Waals surface area contributed by atoms with E-state index in [1.165, 1.54) is 18.2 Å². The van der Waals surface area contributed by atoms with E-state index in [1.54, 1.807) is 0 Å². The molecule has 0 spiro atoms. The summed E-state index contributed by atoms with van der Waals surface area (Å²) in [4.78, 5) is 17.0. The van der Waals surface area contributed by atoms with Gasteiger partial charge < -0.3 is 9.80 Å². The van der Waals surface area contributed by atoms with Crippen LogP contribution >= 0.6 is 23.4 Å². The van der Waals surface area contributed by atoms with E-state index in [2.05, 4.69) is 22.0 Å². The standard InChI is InChI=1S/C20H26ClN5OS/c1-15-8-4-5-13-25(15)18(27)14-28-20-23-22-19(24-11-6-7-12-24)26(20)17-10-3-2-9-16(17)21/h2-3,9-10,15H,4-8,11-14H2,1H3/t15-/m0/s1. The Hall–Kier alpha value is -1.73. The number of halogens is 1. The zero-order valence-corrected chi connectivity index (χ0v) is 17.8. The topological polar surface area (TPSA) is 54.3 Å². The van der Waals surface area contributed by atoms with Crippen molar-refractivity contribution in [2.45, 2.75) is 50.2 Å². The van der Waals surface area contributed by atoms with E-state index >= 15 is 0 Å². The van der Waals surface area contributed by atoms with E-state index in [-0.39, 0.29) is 5.91 Å². The lowest BCUT2D eigenvalue weighted by molar-refractivity contribution is -0.131. The second kappa shape index (κ2) is 8.74. The van der Waals surface area contributed by atoms with Gasteiger partial charge >= 0.3 is 0 Å². The largest absolute Gasteiger partial charge is 0.341 e. The van der Waals surface area contributed by atoms with Crippen LogP contribution in [-0.4, -0.2) is 57.0 Å². The first-order valence-corrected chi connectivity index (χ1v) is 11.4. The molecule has 8 heteroatoms. The van der Waals surface area contributed by atoms with E-state index in [4.69, 9.17) is 11.6 Å². The molecule has 0 N–H and O–H groups in total. The van der Waals surface area contributed by atoms with Crippen LogP contribution in [0.25, 0.3) is 5.69 Å². The molecule has 150 valence electrons. The fraction of sp³-hybridized carbons (Fsp3) is 0.550. The highest BCUT2D eigenvalue weighted by atomic mass is 35.5. The molecule has 0 bridgehead atoms. The number of rotatable bonds is 5. The summed E-state index contributed by atoms with van der Waals surface area (Å²) in [7, 11) is 0. The third kappa shape index (κ3) is 4.01. The van der Waals surface area contributed by atoms with Crippen molar-refractivity contribution in [3.63, 3.8) is 0 Å². The lowest BCUT2D eigenvalue weighted by atomic mass is 10.0. The second-order valence-electron chi connectivity index (χ2n) is 7.48. The molecule has 6 nitrogen and oxygen atoms in total. The zero-order valence-electron chi connectivity index (χ0n) is 16.2. The highest BCUT2D eigenvalue weighted by Gasteiger charge is 2.26. The fourth-order valence-corrected chi connectivity index (χ4v) is 5.05. The number of carbonyl (C=O) groups is 1. The number of hydrogen-bond donors (Lipinski definition) is 0. The number of amides is 1. The lowest BCUT2D eigenvalue weighted by Crippen LogP contribution is -2.43. The van der Waals surface area contributed by atoms with Gasteiger partial charge in [-0.2, -0.15) is 0 Å². The van der Waals surface area contributed by atoms with Crippen molar-refractivity contribution in [1.82, 2.24) is 19.7 Å². The van der Waals surface area contributed by atoms with Gasteiger partial charge in [0.15, 0.2) is 5.16 Å². The van der Waals surface area contributed by atoms with Gasteiger partial charge in [-0.15, -0.1) is 10.2 Å². The number of aromatic nitrogens is 3. The normalized spacial score (nSPS) is 20.0. The molecule has 0 radical (unpaired) electrons. The van der Waals surface area contributed by atoms with Gasteiger partial charge in [-0.3, -0.25) is 9.36 Å². The SMILES string of the molecule is C[C@H]1CCCCN1C(=O)CSc1nnc(N2CCCC2)n1-c1ccccc1Cl. The Labute approximate surface area is 175 Å². The predicted octanol–water partition coefficient (Wildman–Crippen LogP) is 4.01. The van der Waals surface area contributed by atoms with E-state index < -0.39 is 0 Å². The average Bonchev–Trinajstić information content (AvgIpc) is 3.36. The van der Waals surface area contributed by atoms with Gasteiger partial charge in [0.25, 0.3) is 0 Å². The van der Waals surface area contributed by atoms with Crippen molar-refractivity contribution >= 4 is 35.2 Å². The Morgan fingerprint density at radius 2 is 1.89 bits per heavy atom. The number of para-hydroxylation sites is 1. The van der Waals surface area contributed by atoms with Crippen molar-refractivity contribution in [3.8, 4) is 5.69 Å². The number of nitrogens with zero attached hydrogens (tertiary/aromatic N) is 5. The van der Waals surface area contributed by atoms with Gasteiger partial charge in [0.1, 0.15) is 0 Å². The summed E-state index contributed by atoms with van der Waals surface area (Å²) in [5.74, 6) is 1.35. The van der Waals surface area contributed by atoms with Crippen molar-refractivity contribution in [1.29, 1.82) is 0 Å². The molecule has 1 amide bonds. The first kappa shape index (κ1) is 19.6. The molecular weight excluding hydrogens is 394 g/mol. The molecule has 3 heterocycles. The van der Waals surface area contributed by atoms with E-state index in [1.807, 2.05) is 33.7 Å². The van der Waals surface area contributed by atoms with Gasteiger partial charge in [-0.25, -0.2) is 0 Å². The van der Waals surface area contributed by atoms with Crippen LogP contribution in [0, 0.1) is 0 Å². The van der Waals surface area contributed by atoms with Crippen molar-refractivity contribution in [2.24, 2.45) is 0 Å². The van der Waals surface area contributed by atoms with Crippen molar-refractivity contribution in [2.75, 3.05) is 30.3 Å². The predicted molar refractivity (Wildman–Crippen MR) is 114 cm³/mol. The van der Waals surface area contributed by atoms with Crippen molar-refractivity contribution in [3.05, 3.63) is 29.3 Å².